The molecule has 1 heterocycles. The van der Waals surface area contributed by atoms with Gasteiger partial charge in [0, 0.05) is 30.7 Å². The van der Waals surface area contributed by atoms with Crippen LogP contribution in [0.5, 0.6) is 5.75 Å². The lowest BCUT2D eigenvalue weighted by Gasteiger charge is -2.35. The fraction of sp³-hybridized carbons (Fsp3) is 0.600. The lowest BCUT2D eigenvalue weighted by atomic mass is 9.87. The number of likely N-dealkylation sites (tertiary alicyclic amines) is 1. The Hall–Kier alpha value is -1.82. The molecule has 1 aromatic rings. The first kappa shape index (κ1) is 19.0. The summed E-state index contributed by atoms with van der Waals surface area (Å²) in [4.78, 5) is 14.7. The fourth-order valence-corrected chi connectivity index (χ4v) is 4.16. The molecule has 1 saturated carbocycles. The van der Waals surface area contributed by atoms with Gasteiger partial charge in [-0.15, -0.1) is 0 Å². The van der Waals surface area contributed by atoms with Crippen molar-refractivity contribution < 1.29 is 9.53 Å². The van der Waals surface area contributed by atoms with Crippen molar-refractivity contribution in [3.63, 3.8) is 0 Å². The molecule has 1 saturated heterocycles. The lowest BCUT2D eigenvalue weighted by molar-refractivity contribution is -0.137. The van der Waals surface area contributed by atoms with Crippen LogP contribution in [0.4, 0.5) is 5.69 Å². The second kappa shape index (κ2) is 9.21. The van der Waals surface area contributed by atoms with Crippen LogP contribution in [-0.4, -0.2) is 42.2 Å². The van der Waals surface area contributed by atoms with Crippen molar-refractivity contribution in [2.75, 3.05) is 25.5 Å². The van der Waals surface area contributed by atoms with Gasteiger partial charge in [0.15, 0.2) is 5.11 Å². The SMILES string of the molecule is COc1ccc(NC(=S)NC2CCN(C(=O)C3CCCCC3)CC2)cc1. The molecule has 1 aliphatic carbocycles. The van der Waals surface area contributed by atoms with Gasteiger partial charge in [0.05, 0.1) is 7.11 Å². The van der Waals surface area contributed by atoms with Crippen molar-refractivity contribution in [2.45, 2.75) is 51.0 Å². The highest BCUT2D eigenvalue weighted by Gasteiger charge is 2.29. The monoisotopic (exact) mass is 375 g/mol. The number of nitrogens with one attached hydrogen (secondary N) is 2. The Morgan fingerprint density at radius 2 is 1.73 bits per heavy atom. The van der Waals surface area contributed by atoms with E-state index in [4.69, 9.17) is 17.0 Å². The van der Waals surface area contributed by atoms with Crippen LogP contribution in [0.2, 0.25) is 0 Å². The van der Waals surface area contributed by atoms with Crippen molar-refractivity contribution in [3.8, 4) is 5.75 Å². The van der Waals surface area contributed by atoms with Gasteiger partial charge in [-0.25, -0.2) is 0 Å². The molecule has 0 atom stereocenters. The molecule has 26 heavy (non-hydrogen) atoms. The third-order valence-electron chi connectivity index (χ3n) is 5.44. The first-order chi connectivity index (χ1) is 12.7. The number of rotatable bonds is 4. The highest BCUT2D eigenvalue weighted by atomic mass is 32.1. The summed E-state index contributed by atoms with van der Waals surface area (Å²) in [5.41, 5.74) is 0.938. The van der Waals surface area contributed by atoms with E-state index in [0.29, 0.717) is 17.1 Å². The van der Waals surface area contributed by atoms with E-state index in [-0.39, 0.29) is 5.92 Å². The van der Waals surface area contributed by atoms with Gasteiger partial charge in [-0.3, -0.25) is 4.79 Å². The summed E-state index contributed by atoms with van der Waals surface area (Å²) in [6.07, 6.45) is 7.75. The predicted octanol–water partition coefficient (Wildman–Crippen LogP) is 3.55. The third-order valence-corrected chi connectivity index (χ3v) is 5.66. The average molecular weight is 376 g/mol. The van der Waals surface area contributed by atoms with E-state index < -0.39 is 0 Å². The summed E-state index contributed by atoms with van der Waals surface area (Å²) in [6, 6.07) is 8.01. The Labute approximate surface area is 161 Å². The highest BCUT2D eigenvalue weighted by Crippen LogP contribution is 2.26. The van der Waals surface area contributed by atoms with E-state index in [1.54, 1.807) is 7.11 Å². The molecule has 3 rings (SSSR count). The topological polar surface area (TPSA) is 53.6 Å². The summed E-state index contributed by atoms with van der Waals surface area (Å²) in [7, 11) is 1.65. The van der Waals surface area contributed by atoms with Gasteiger partial charge in [0.2, 0.25) is 5.91 Å². The Morgan fingerprint density at radius 3 is 2.35 bits per heavy atom. The van der Waals surface area contributed by atoms with Crippen LogP contribution in [0, 0.1) is 5.92 Å². The molecule has 2 N–H and O–H groups in total. The molecule has 1 aromatic carbocycles. The summed E-state index contributed by atoms with van der Waals surface area (Å²) >= 11 is 5.43. The molecule has 2 aliphatic rings. The Kier molecular flexibility index (Phi) is 6.72. The van der Waals surface area contributed by atoms with Crippen LogP contribution >= 0.6 is 12.2 Å². The predicted molar refractivity (Wildman–Crippen MR) is 109 cm³/mol. The van der Waals surface area contributed by atoms with Crippen LogP contribution in [-0.2, 0) is 4.79 Å². The molecular formula is C20H29N3O2S. The molecule has 0 unspecified atom stereocenters. The molecule has 5 nitrogen and oxygen atoms in total. The minimum atomic E-state index is 0.270. The maximum absolute atomic E-state index is 12.6. The molecule has 142 valence electrons. The van der Waals surface area contributed by atoms with Crippen LogP contribution in [0.1, 0.15) is 44.9 Å². The maximum atomic E-state index is 12.6. The molecule has 0 bridgehead atoms. The van der Waals surface area contributed by atoms with Crippen LogP contribution in [0.15, 0.2) is 24.3 Å². The van der Waals surface area contributed by atoms with Gasteiger partial charge in [-0.2, -0.15) is 0 Å². The second-order valence-corrected chi connectivity index (χ2v) is 7.67. The number of benzene rings is 1. The van der Waals surface area contributed by atoms with E-state index >= 15 is 0 Å². The number of anilines is 1. The number of hydrogen-bond donors (Lipinski definition) is 2. The van der Waals surface area contributed by atoms with E-state index in [1.165, 1.54) is 19.3 Å². The Morgan fingerprint density at radius 1 is 1.08 bits per heavy atom. The zero-order chi connectivity index (χ0) is 18.4. The molecular weight excluding hydrogens is 346 g/mol. The standard InChI is InChI=1S/C20H29N3O2S/c1-25-18-9-7-16(8-10-18)21-20(26)22-17-11-13-23(14-12-17)19(24)15-5-3-2-4-6-15/h7-10,15,17H,2-6,11-14H2,1H3,(H2,21,22,26). The third kappa shape index (κ3) is 5.10. The van der Waals surface area contributed by atoms with Crippen molar-refractivity contribution in [3.05, 3.63) is 24.3 Å². The number of ether oxygens (including phenoxy) is 1. The fourth-order valence-electron chi connectivity index (χ4n) is 3.88. The zero-order valence-electron chi connectivity index (χ0n) is 15.5. The minimum Gasteiger partial charge on any atom is -0.497 e. The van der Waals surface area contributed by atoms with E-state index in [1.807, 2.05) is 24.3 Å². The number of piperidine rings is 1. The summed E-state index contributed by atoms with van der Waals surface area (Å²) in [6.45, 7) is 1.66. The number of nitrogens with zero attached hydrogens (tertiary/aromatic N) is 1. The highest BCUT2D eigenvalue weighted by molar-refractivity contribution is 7.80. The quantitative estimate of drug-likeness (QED) is 0.788. The van der Waals surface area contributed by atoms with E-state index in [9.17, 15) is 4.79 Å². The average Bonchev–Trinajstić information content (AvgIpc) is 2.69. The molecule has 0 spiro atoms. The smallest absolute Gasteiger partial charge is 0.225 e. The van der Waals surface area contributed by atoms with Crippen molar-refractivity contribution in [1.29, 1.82) is 0 Å². The van der Waals surface area contributed by atoms with Gasteiger partial charge in [0.1, 0.15) is 5.75 Å². The molecule has 6 heteroatoms. The van der Waals surface area contributed by atoms with E-state index in [2.05, 4.69) is 15.5 Å². The van der Waals surface area contributed by atoms with Gasteiger partial charge in [-0.1, -0.05) is 19.3 Å². The number of amides is 1. The Balaban J connectivity index is 1.41. The molecule has 0 aromatic heterocycles. The first-order valence-corrected chi connectivity index (χ1v) is 10.1. The zero-order valence-corrected chi connectivity index (χ0v) is 16.3. The molecule has 0 radical (unpaired) electrons. The number of hydrogen-bond acceptors (Lipinski definition) is 3. The van der Waals surface area contributed by atoms with Crippen molar-refractivity contribution in [2.24, 2.45) is 5.92 Å². The largest absolute Gasteiger partial charge is 0.497 e. The number of carbonyl (C=O) groups is 1. The van der Waals surface area contributed by atoms with Crippen LogP contribution < -0.4 is 15.4 Å². The van der Waals surface area contributed by atoms with E-state index in [0.717, 1.165) is 50.2 Å². The number of thiocarbonyl (C=S) groups is 1. The number of methoxy groups -OCH3 is 1. The van der Waals surface area contributed by atoms with Gasteiger partial charge in [-0.05, 0) is 62.2 Å². The van der Waals surface area contributed by atoms with Crippen LogP contribution in [0.25, 0.3) is 0 Å². The van der Waals surface area contributed by atoms with Gasteiger partial charge < -0.3 is 20.3 Å². The maximum Gasteiger partial charge on any atom is 0.225 e. The normalized spacial score (nSPS) is 19.0. The van der Waals surface area contributed by atoms with Gasteiger partial charge >= 0.3 is 0 Å². The van der Waals surface area contributed by atoms with Crippen molar-refractivity contribution >= 4 is 28.9 Å². The molecule has 2 fully saturated rings. The number of carbonyl (C=O) groups excluding carboxylic acids is 1. The molecule has 1 amide bonds. The lowest BCUT2D eigenvalue weighted by Crippen LogP contribution is -2.49. The second-order valence-electron chi connectivity index (χ2n) is 7.26. The summed E-state index contributed by atoms with van der Waals surface area (Å²) in [5, 5.41) is 7.23. The minimum absolute atomic E-state index is 0.270. The first-order valence-electron chi connectivity index (χ1n) is 9.66. The van der Waals surface area contributed by atoms with Crippen LogP contribution in [0.3, 0.4) is 0 Å². The van der Waals surface area contributed by atoms with Crippen molar-refractivity contribution in [1.82, 2.24) is 10.2 Å². The summed E-state index contributed by atoms with van der Waals surface area (Å²) in [5.74, 6) is 1.47. The van der Waals surface area contributed by atoms with Gasteiger partial charge in [0.25, 0.3) is 0 Å². The molecule has 1 aliphatic heterocycles. The Bertz CT molecular complexity index is 606. The summed E-state index contributed by atoms with van der Waals surface area (Å²) < 4.78 is 5.16.